The lowest BCUT2D eigenvalue weighted by Crippen LogP contribution is -2.12. The first-order valence-electron chi connectivity index (χ1n) is 11.0. The summed E-state index contributed by atoms with van der Waals surface area (Å²) < 4.78 is 8.03. The average Bonchev–Trinajstić information content (AvgIpc) is 3.48. The molecule has 0 saturated heterocycles. The number of ether oxygens (including phenoxy) is 1. The van der Waals surface area contributed by atoms with Crippen LogP contribution in [0.3, 0.4) is 0 Å². The quantitative estimate of drug-likeness (QED) is 0.155. The zero-order valence-electron chi connectivity index (χ0n) is 19.2. The molecule has 0 bridgehead atoms. The Labute approximate surface area is 230 Å². The van der Waals surface area contributed by atoms with E-state index in [2.05, 4.69) is 10.1 Å². The number of thiazole rings is 1. The molecule has 2 heterocycles. The van der Waals surface area contributed by atoms with Crippen molar-refractivity contribution in [2.75, 3.05) is 0 Å². The summed E-state index contributed by atoms with van der Waals surface area (Å²) in [5.41, 5.74) is 3.32. The predicted molar refractivity (Wildman–Crippen MR) is 147 cm³/mol. The van der Waals surface area contributed by atoms with Crippen molar-refractivity contribution in [3.63, 3.8) is 0 Å². The van der Waals surface area contributed by atoms with Crippen LogP contribution in [0.5, 0.6) is 5.88 Å². The minimum Gasteiger partial charge on any atom is -0.403 e. The number of para-hydroxylation sites is 1. The van der Waals surface area contributed by atoms with Crippen LogP contribution in [0.4, 0.5) is 0 Å². The number of rotatable bonds is 6. The minimum atomic E-state index is -0.558. The van der Waals surface area contributed by atoms with Crippen LogP contribution in [-0.4, -0.2) is 25.8 Å². The van der Waals surface area contributed by atoms with Crippen LogP contribution >= 0.6 is 46.3 Å². The lowest BCUT2D eigenvalue weighted by molar-refractivity contribution is 0.0723. The van der Waals surface area contributed by atoms with E-state index in [1.807, 2.05) is 42.6 Å². The Bertz CT molecular complexity index is 1580. The molecule has 0 N–H and O–H groups in total. The zero-order chi connectivity index (χ0) is 25.9. The van der Waals surface area contributed by atoms with Gasteiger partial charge in [0.1, 0.15) is 0 Å². The van der Waals surface area contributed by atoms with Crippen molar-refractivity contribution >= 4 is 57.4 Å². The second-order valence-electron chi connectivity index (χ2n) is 7.80. The van der Waals surface area contributed by atoms with Crippen LogP contribution in [0.15, 0.2) is 88.6 Å². The smallest absolute Gasteiger partial charge is 0.344 e. The van der Waals surface area contributed by atoms with Crippen molar-refractivity contribution in [2.45, 2.75) is 11.3 Å². The molecule has 37 heavy (non-hydrogen) atoms. The molecule has 0 unspecified atom stereocenters. The van der Waals surface area contributed by atoms with E-state index < -0.39 is 5.97 Å². The van der Waals surface area contributed by atoms with E-state index in [9.17, 15) is 9.59 Å². The first-order chi connectivity index (χ1) is 17.9. The van der Waals surface area contributed by atoms with Gasteiger partial charge in [-0.3, -0.25) is 4.79 Å². The van der Waals surface area contributed by atoms with Gasteiger partial charge in [-0.05, 0) is 79.3 Å². The standard InChI is InChI=1S/C27H17Cl2N3O3S2/c1-16-23(22-15-36-27(30-22)37-26(34)18-9-13-20(29)14-10-18)24(32(31-16)21-5-3-2-4-6-21)35-25(33)17-7-11-19(28)12-8-17/h2-15H,1H3. The fourth-order valence-corrected chi connectivity index (χ4v) is 5.42. The minimum absolute atomic E-state index is 0.149. The molecule has 0 spiro atoms. The van der Waals surface area contributed by atoms with Crippen molar-refractivity contribution in [1.29, 1.82) is 0 Å². The number of nitrogens with zero attached hydrogens (tertiary/aromatic N) is 3. The summed E-state index contributed by atoms with van der Waals surface area (Å²) in [6, 6.07) is 22.5. The number of esters is 1. The van der Waals surface area contributed by atoms with Crippen LogP contribution in [-0.2, 0) is 0 Å². The molecule has 0 aliphatic rings. The van der Waals surface area contributed by atoms with Gasteiger partial charge in [0.25, 0.3) is 0 Å². The summed E-state index contributed by atoms with van der Waals surface area (Å²) in [4.78, 5) is 30.4. The fraction of sp³-hybridized carbons (Fsp3) is 0.0370. The van der Waals surface area contributed by atoms with Gasteiger partial charge < -0.3 is 4.74 Å². The molecular weight excluding hydrogens is 549 g/mol. The summed E-state index contributed by atoms with van der Waals surface area (Å²) in [7, 11) is 0. The molecule has 0 amide bonds. The van der Waals surface area contributed by atoms with Gasteiger partial charge in [-0.25, -0.2) is 9.78 Å². The Morgan fingerprint density at radius 1 is 0.892 bits per heavy atom. The summed E-state index contributed by atoms with van der Waals surface area (Å²) >= 11 is 14.2. The number of hydrogen-bond acceptors (Lipinski definition) is 7. The third-order valence-corrected chi connectivity index (χ3v) is 7.65. The Morgan fingerprint density at radius 3 is 2.16 bits per heavy atom. The number of hydrogen-bond donors (Lipinski definition) is 0. The van der Waals surface area contributed by atoms with Gasteiger partial charge in [0.15, 0.2) is 4.34 Å². The second-order valence-corrected chi connectivity index (χ2v) is 10.8. The molecule has 0 aliphatic heterocycles. The lowest BCUT2D eigenvalue weighted by Gasteiger charge is -2.10. The highest BCUT2D eigenvalue weighted by atomic mass is 35.5. The molecule has 0 fully saturated rings. The highest BCUT2D eigenvalue weighted by Gasteiger charge is 2.25. The maximum atomic E-state index is 13.1. The van der Waals surface area contributed by atoms with Crippen molar-refractivity contribution < 1.29 is 14.3 Å². The van der Waals surface area contributed by atoms with E-state index in [4.69, 9.17) is 27.9 Å². The van der Waals surface area contributed by atoms with E-state index in [1.165, 1.54) is 11.3 Å². The van der Waals surface area contributed by atoms with Crippen molar-refractivity contribution in [2.24, 2.45) is 0 Å². The Morgan fingerprint density at radius 2 is 1.51 bits per heavy atom. The van der Waals surface area contributed by atoms with Gasteiger partial charge in [0.2, 0.25) is 11.0 Å². The van der Waals surface area contributed by atoms with E-state index in [0.717, 1.165) is 17.4 Å². The molecule has 2 aromatic heterocycles. The van der Waals surface area contributed by atoms with Gasteiger partial charge >= 0.3 is 5.97 Å². The lowest BCUT2D eigenvalue weighted by atomic mass is 10.2. The third-order valence-electron chi connectivity index (χ3n) is 5.29. The third kappa shape index (κ3) is 5.62. The first-order valence-corrected chi connectivity index (χ1v) is 13.4. The molecule has 5 aromatic rings. The number of benzene rings is 3. The van der Waals surface area contributed by atoms with E-state index in [0.29, 0.717) is 42.5 Å². The topological polar surface area (TPSA) is 74.1 Å². The summed E-state index contributed by atoms with van der Waals surface area (Å²) in [5, 5.41) is 7.38. The predicted octanol–water partition coefficient (Wildman–Crippen LogP) is 7.76. The highest BCUT2D eigenvalue weighted by Crippen LogP contribution is 2.38. The number of carbonyl (C=O) groups is 2. The normalized spacial score (nSPS) is 10.9. The van der Waals surface area contributed by atoms with Crippen LogP contribution in [0, 0.1) is 6.92 Å². The Kier molecular flexibility index (Phi) is 7.43. The van der Waals surface area contributed by atoms with Crippen molar-refractivity contribution in [3.8, 4) is 22.8 Å². The number of aryl methyl sites for hydroxylation is 1. The van der Waals surface area contributed by atoms with Crippen LogP contribution in [0.2, 0.25) is 10.0 Å². The molecule has 0 aliphatic carbocycles. The Hall–Kier alpha value is -3.43. The summed E-state index contributed by atoms with van der Waals surface area (Å²) in [6.07, 6.45) is 0. The zero-order valence-corrected chi connectivity index (χ0v) is 22.4. The molecule has 6 nitrogen and oxygen atoms in total. The van der Waals surface area contributed by atoms with Gasteiger partial charge in [0, 0.05) is 21.0 Å². The maximum absolute atomic E-state index is 13.1. The summed E-state index contributed by atoms with van der Waals surface area (Å²) in [6.45, 7) is 1.82. The van der Waals surface area contributed by atoms with Crippen molar-refractivity contribution in [1.82, 2.24) is 14.8 Å². The molecule has 0 radical (unpaired) electrons. The first kappa shape index (κ1) is 25.2. The maximum Gasteiger partial charge on any atom is 0.344 e. The number of carbonyl (C=O) groups excluding carboxylic acids is 2. The monoisotopic (exact) mass is 565 g/mol. The molecule has 0 atom stereocenters. The summed E-state index contributed by atoms with van der Waals surface area (Å²) in [5.74, 6) is -0.327. The van der Waals surface area contributed by atoms with E-state index in [-0.39, 0.29) is 11.0 Å². The van der Waals surface area contributed by atoms with Gasteiger partial charge in [-0.15, -0.1) is 11.3 Å². The molecule has 0 saturated carbocycles. The van der Waals surface area contributed by atoms with Gasteiger partial charge in [-0.1, -0.05) is 41.4 Å². The van der Waals surface area contributed by atoms with Crippen LogP contribution < -0.4 is 4.74 Å². The largest absolute Gasteiger partial charge is 0.403 e. The van der Waals surface area contributed by atoms with Gasteiger partial charge in [0.05, 0.1) is 28.2 Å². The molecular formula is C27H17Cl2N3O3S2. The van der Waals surface area contributed by atoms with Crippen molar-refractivity contribution in [3.05, 3.63) is 111 Å². The number of halogens is 2. The average molecular weight is 566 g/mol. The van der Waals surface area contributed by atoms with Crippen LogP contribution in [0.25, 0.3) is 16.9 Å². The Balaban J connectivity index is 1.50. The van der Waals surface area contributed by atoms with Crippen LogP contribution in [0.1, 0.15) is 26.4 Å². The number of thioether (sulfide) groups is 1. The van der Waals surface area contributed by atoms with E-state index >= 15 is 0 Å². The molecule has 10 heteroatoms. The molecule has 184 valence electrons. The second kappa shape index (κ2) is 10.9. The fourth-order valence-electron chi connectivity index (χ4n) is 3.52. The SMILES string of the molecule is Cc1nn(-c2ccccc2)c(OC(=O)c2ccc(Cl)cc2)c1-c1csc(SC(=O)c2ccc(Cl)cc2)n1. The number of aromatic nitrogens is 3. The molecule has 5 rings (SSSR count). The highest BCUT2D eigenvalue weighted by molar-refractivity contribution is 8.15. The van der Waals surface area contributed by atoms with E-state index in [1.54, 1.807) is 53.2 Å². The molecule has 3 aromatic carbocycles. The van der Waals surface area contributed by atoms with Gasteiger partial charge in [-0.2, -0.15) is 9.78 Å².